The highest BCUT2D eigenvalue weighted by atomic mass is 16.4. The van der Waals surface area contributed by atoms with E-state index in [1.54, 1.807) is 4.68 Å². The van der Waals surface area contributed by atoms with Crippen LogP contribution in [0.2, 0.25) is 0 Å². The number of rotatable bonds is 3. The maximum Gasteiger partial charge on any atom is 0.341 e. The van der Waals surface area contributed by atoms with E-state index in [9.17, 15) is 15.0 Å². The normalized spacial score (nSPS) is 18.7. The maximum absolute atomic E-state index is 11.4. The van der Waals surface area contributed by atoms with Gasteiger partial charge in [0.05, 0.1) is 18.0 Å². The third kappa shape index (κ3) is 2.62. The van der Waals surface area contributed by atoms with E-state index >= 15 is 0 Å². The van der Waals surface area contributed by atoms with Crippen LogP contribution in [0.4, 0.5) is 5.82 Å². The Balaban J connectivity index is 2.07. The van der Waals surface area contributed by atoms with Crippen LogP contribution in [-0.2, 0) is 0 Å². The summed E-state index contributed by atoms with van der Waals surface area (Å²) in [6, 6.07) is 9.42. The molecule has 6 heteroatoms. The zero-order valence-corrected chi connectivity index (χ0v) is 11.5. The van der Waals surface area contributed by atoms with E-state index in [4.69, 9.17) is 0 Å². The Labute approximate surface area is 122 Å². The Hall–Kier alpha value is -2.34. The number of anilines is 1. The fourth-order valence-corrected chi connectivity index (χ4v) is 2.70. The molecule has 1 aromatic carbocycles. The summed E-state index contributed by atoms with van der Waals surface area (Å²) in [5.74, 6) is -0.473. The molecule has 2 heterocycles. The number of aliphatic hydroxyl groups excluding tert-OH is 1. The van der Waals surface area contributed by atoms with Gasteiger partial charge >= 0.3 is 5.97 Å². The average molecular weight is 287 g/mol. The van der Waals surface area contributed by atoms with Gasteiger partial charge in [0.15, 0.2) is 0 Å². The second-order valence-corrected chi connectivity index (χ2v) is 5.18. The van der Waals surface area contributed by atoms with Gasteiger partial charge < -0.3 is 15.1 Å². The Morgan fingerprint density at radius 3 is 2.71 bits per heavy atom. The Bertz CT molecular complexity index is 639. The molecule has 1 unspecified atom stereocenters. The van der Waals surface area contributed by atoms with Crippen molar-refractivity contribution in [3.05, 3.63) is 42.1 Å². The molecule has 0 spiro atoms. The van der Waals surface area contributed by atoms with E-state index < -0.39 is 12.1 Å². The molecule has 0 radical (unpaired) electrons. The van der Waals surface area contributed by atoms with Crippen molar-refractivity contribution in [2.45, 2.75) is 18.9 Å². The number of β-amino-alcohol motifs (C(OH)–C–C–N with tert-alkyl or cyclic N) is 1. The lowest BCUT2D eigenvalue weighted by atomic mass is 10.1. The molecule has 1 saturated heterocycles. The molecule has 6 nitrogen and oxygen atoms in total. The van der Waals surface area contributed by atoms with Gasteiger partial charge in [-0.1, -0.05) is 18.2 Å². The minimum absolute atomic E-state index is 0.160. The molecule has 0 amide bonds. The van der Waals surface area contributed by atoms with Crippen LogP contribution >= 0.6 is 0 Å². The molecule has 3 rings (SSSR count). The van der Waals surface area contributed by atoms with E-state index in [-0.39, 0.29) is 5.56 Å². The van der Waals surface area contributed by atoms with Crippen LogP contribution in [0.1, 0.15) is 23.2 Å². The predicted molar refractivity (Wildman–Crippen MR) is 78.0 cm³/mol. The van der Waals surface area contributed by atoms with Gasteiger partial charge in [-0.05, 0) is 25.0 Å². The molecule has 0 saturated carbocycles. The van der Waals surface area contributed by atoms with E-state index in [0.29, 0.717) is 12.4 Å². The second kappa shape index (κ2) is 5.57. The minimum atomic E-state index is -1.01. The molecule has 1 aliphatic rings. The molecule has 0 aliphatic carbocycles. The van der Waals surface area contributed by atoms with Crippen LogP contribution in [0.25, 0.3) is 5.69 Å². The smallest absolute Gasteiger partial charge is 0.341 e. The lowest BCUT2D eigenvalue weighted by Crippen LogP contribution is -2.40. The van der Waals surface area contributed by atoms with Gasteiger partial charge in [-0.3, -0.25) is 0 Å². The highest BCUT2D eigenvalue weighted by Crippen LogP contribution is 2.27. The molecule has 1 aromatic heterocycles. The first kappa shape index (κ1) is 13.6. The summed E-state index contributed by atoms with van der Waals surface area (Å²) in [7, 11) is 0. The molecular formula is C15H17N3O3. The number of nitrogens with zero attached hydrogens (tertiary/aromatic N) is 3. The first-order valence-corrected chi connectivity index (χ1v) is 6.96. The van der Waals surface area contributed by atoms with Gasteiger partial charge in [-0.25, -0.2) is 9.48 Å². The van der Waals surface area contributed by atoms with Crippen molar-refractivity contribution in [3.8, 4) is 5.69 Å². The molecule has 0 bridgehead atoms. The van der Waals surface area contributed by atoms with E-state index in [0.717, 1.165) is 25.1 Å². The van der Waals surface area contributed by atoms with Crippen LogP contribution in [0.15, 0.2) is 36.5 Å². The number of carboxylic acids is 1. The molecule has 21 heavy (non-hydrogen) atoms. The predicted octanol–water partition coefficient (Wildman–Crippen LogP) is 1.53. The number of aliphatic hydroxyl groups is 1. The number of carbonyl (C=O) groups is 1. The van der Waals surface area contributed by atoms with E-state index in [1.165, 1.54) is 6.20 Å². The second-order valence-electron chi connectivity index (χ2n) is 5.18. The number of hydrogen-bond donors (Lipinski definition) is 2. The van der Waals surface area contributed by atoms with Crippen LogP contribution in [0.5, 0.6) is 0 Å². The van der Waals surface area contributed by atoms with Gasteiger partial charge in [0, 0.05) is 13.1 Å². The van der Waals surface area contributed by atoms with Crippen molar-refractivity contribution in [2.75, 3.05) is 18.0 Å². The standard InChI is InChI=1S/C15H17N3O3/c19-12-7-4-8-17(10-12)14-13(15(20)21)9-16-18(14)11-5-2-1-3-6-11/h1-3,5-6,9,12,19H,4,7-8,10H2,(H,20,21). The summed E-state index contributed by atoms with van der Waals surface area (Å²) in [5.41, 5.74) is 0.966. The number of hydrogen-bond acceptors (Lipinski definition) is 4. The minimum Gasteiger partial charge on any atom is -0.477 e. The third-order valence-corrected chi connectivity index (χ3v) is 3.67. The van der Waals surface area contributed by atoms with Gasteiger partial charge in [0.2, 0.25) is 0 Å². The van der Waals surface area contributed by atoms with E-state index in [1.807, 2.05) is 35.2 Å². The summed E-state index contributed by atoms with van der Waals surface area (Å²) in [5, 5.41) is 23.5. The fraction of sp³-hybridized carbons (Fsp3) is 0.333. The van der Waals surface area contributed by atoms with Crippen molar-refractivity contribution < 1.29 is 15.0 Å². The first-order valence-electron chi connectivity index (χ1n) is 6.96. The molecule has 2 aromatic rings. The number of para-hydroxylation sites is 1. The molecule has 1 atom stereocenters. The summed E-state index contributed by atoms with van der Waals surface area (Å²) in [4.78, 5) is 13.3. The van der Waals surface area contributed by atoms with Crippen molar-refractivity contribution in [3.63, 3.8) is 0 Å². The lowest BCUT2D eigenvalue weighted by Gasteiger charge is -2.32. The fourth-order valence-electron chi connectivity index (χ4n) is 2.70. The van der Waals surface area contributed by atoms with Crippen LogP contribution in [0, 0.1) is 0 Å². The number of carboxylic acid groups (broad SMARTS) is 1. The van der Waals surface area contributed by atoms with Gasteiger partial charge in [0.1, 0.15) is 11.4 Å². The average Bonchev–Trinajstić information content (AvgIpc) is 2.93. The van der Waals surface area contributed by atoms with Crippen molar-refractivity contribution in [1.82, 2.24) is 9.78 Å². The molecule has 1 fully saturated rings. The monoisotopic (exact) mass is 287 g/mol. The number of benzene rings is 1. The topological polar surface area (TPSA) is 78.6 Å². The molecule has 1 aliphatic heterocycles. The SMILES string of the molecule is O=C(O)c1cnn(-c2ccccc2)c1N1CCCC(O)C1. The van der Waals surface area contributed by atoms with Gasteiger partial charge in [-0.2, -0.15) is 5.10 Å². The zero-order valence-electron chi connectivity index (χ0n) is 11.5. The van der Waals surface area contributed by atoms with Gasteiger partial charge in [0.25, 0.3) is 0 Å². The Morgan fingerprint density at radius 1 is 1.29 bits per heavy atom. The van der Waals surface area contributed by atoms with Crippen molar-refractivity contribution in [1.29, 1.82) is 0 Å². The number of aromatic carboxylic acids is 1. The maximum atomic E-state index is 11.4. The molecular weight excluding hydrogens is 270 g/mol. The summed E-state index contributed by atoms with van der Waals surface area (Å²) in [6.45, 7) is 1.15. The molecule has 110 valence electrons. The third-order valence-electron chi connectivity index (χ3n) is 3.67. The summed E-state index contributed by atoms with van der Waals surface area (Å²) >= 11 is 0. The largest absolute Gasteiger partial charge is 0.477 e. The Kier molecular flexibility index (Phi) is 3.62. The summed E-state index contributed by atoms with van der Waals surface area (Å²) < 4.78 is 1.63. The first-order chi connectivity index (χ1) is 10.2. The van der Waals surface area contributed by atoms with Crippen LogP contribution in [-0.4, -0.2) is 45.2 Å². The number of piperidine rings is 1. The van der Waals surface area contributed by atoms with E-state index in [2.05, 4.69) is 5.10 Å². The quantitative estimate of drug-likeness (QED) is 0.895. The van der Waals surface area contributed by atoms with Crippen molar-refractivity contribution in [2.24, 2.45) is 0 Å². The number of aromatic nitrogens is 2. The Morgan fingerprint density at radius 2 is 2.05 bits per heavy atom. The zero-order chi connectivity index (χ0) is 14.8. The van der Waals surface area contributed by atoms with Crippen molar-refractivity contribution >= 4 is 11.8 Å². The van der Waals surface area contributed by atoms with Crippen LogP contribution in [0.3, 0.4) is 0 Å². The highest BCUT2D eigenvalue weighted by molar-refractivity contribution is 5.93. The molecule has 2 N–H and O–H groups in total. The van der Waals surface area contributed by atoms with Gasteiger partial charge in [-0.15, -0.1) is 0 Å². The lowest BCUT2D eigenvalue weighted by molar-refractivity contribution is 0.0696. The van der Waals surface area contributed by atoms with Crippen LogP contribution < -0.4 is 4.90 Å². The highest BCUT2D eigenvalue weighted by Gasteiger charge is 2.27. The summed E-state index contributed by atoms with van der Waals surface area (Å²) in [6.07, 6.45) is 2.52.